The lowest BCUT2D eigenvalue weighted by Crippen LogP contribution is -2.59. The number of hydrogen-bond donors (Lipinski definition) is 2. The minimum atomic E-state index is -0.867. The molecule has 54 heavy (non-hydrogen) atoms. The number of aromatic nitrogens is 1. The molecule has 15 heteroatoms. The molecule has 6 rings (SSSR count). The van der Waals surface area contributed by atoms with Crippen LogP contribution in [0.15, 0.2) is 54.9 Å². The van der Waals surface area contributed by atoms with E-state index in [1.807, 2.05) is 40.1 Å². The standard InChI is InChI=1S/C39H48Cl2N6O7/c1-52-32-22-27(23-33(53-2)35(32)54-3)36(50)47-17-9-38(26-47,29-4-5-30(40)31(41)24-29)8-14-44-15-10-39(11-16-44,28-6-12-42-13-7-28)43-37(51)46-20-18-45(19-21-46)25-34(48)49/h4-7,12-13,22-24H,8-11,14-21,25-26H2,1-3H3,(H,43,51)(H,48,49). The first kappa shape index (κ1) is 39.4. The minimum absolute atomic E-state index is 0.0277. The number of piperidine rings is 1. The second kappa shape index (κ2) is 17.0. The van der Waals surface area contributed by atoms with Gasteiger partial charge in [0.25, 0.3) is 5.91 Å². The number of urea groups is 1. The van der Waals surface area contributed by atoms with Crippen LogP contribution in [0.2, 0.25) is 10.0 Å². The van der Waals surface area contributed by atoms with E-state index in [9.17, 15) is 19.5 Å². The SMILES string of the molecule is COc1cc(C(=O)N2CCC(CCN3CCC(NC(=O)N4CCN(CC(=O)O)CC4)(c4ccncc4)CC3)(c3ccc(Cl)c(Cl)c3)C2)cc(OC)c1OC. The monoisotopic (exact) mass is 782 g/mol. The summed E-state index contributed by atoms with van der Waals surface area (Å²) in [5.41, 5.74) is 1.55. The molecule has 2 N–H and O–H groups in total. The molecular formula is C39H48Cl2N6O7. The van der Waals surface area contributed by atoms with Gasteiger partial charge in [0.1, 0.15) is 0 Å². The molecule has 3 aromatic rings. The number of benzene rings is 2. The maximum Gasteiger partial charge on any atom is 0.318 e. The van der Waals surface area contributed by atoms with Crippen molar-refractivity contribution in [2.45, 2.75) is 36.6 Å². The van der Waals surface area contributed by atoms with Crippen LogP contribution in [0.3, 0.4) is 0 Å². The number of rotatable bonds is 12. The maximum absolute atomic E-state index is 14.0. The van der Waals surface area contributed by atoms with Crippen LogP contribution in [0.5, 0.6) is 17.2 Å². The summed E-state index contributed by atoms with van der Waals surface area (Å²) in [6, 6.07) is 12.9. The first-order valence-electron chi connectivity index (χ1n) is 18.2. The lowest BCUT2D eigenvalue weighted by Gasteiger charge is -2.45. The highest BCUT2D eigenvalue weighted by molar-refractivity contribution is 6.42. The number of aliphatic carboxylic acids is 1. The fourth-order valence-electron chi connectivity index (χ4n) is 8.11. The molecule has 0 saturated carbocycles. The van der Waals surface area contributed by atoms with Crippen molar-refractivity contribution < 1.29 is 33.7 Å². The molecule has 4 heterocycles. The van der Waals surface area contributed by atoms with Gasteiger partial charge in [-0.2, -0.15) is 0 Å². The molecule has 290 valence electrons. The number of piperazine rings is 1. The van der Waals surface area contributed by atoms with Crippen LogP contribution in [0.25, 0.3) is 0 Å². The Kier molecular flexibility index (Phi) is 12.4. The number of amides is 3. The minimum Gasteiger partial charge on any atom is -0.493 e. The van der Waals surface area contributed by atoms with Gasteiger partial charge in [-0.05, 0) is 79.8 Å². The third-order valence-electron chi connectivity index (χ3n) is 11.3. The summed E-state index contributed by atoms with van der Waals surface area (Å²) in [7, 11) is 4.58. The zero-order chi connectivity index (χ0) is 38.5. The number of pyridine rings is 1. The van der Waals surface area contributed by atoms with Gasteiger partial charge in [-0.1, -0.05) is 29.3 Å². The molecule has 1 unspecified atom stereocenters. The normalized spacial score (nSPS) is 20.4. The fourth-order valence-corrected chi connectivity index (χ4v) is 8.41. The van der Waals surface area contributed by atoms with E-state index in [2.05, 4.69) is 15.2 Å². The Morgan fingerprint density at radius 3 is 2.04 bits per heavy atom. The number of carbonyl (C=O) groups excluding carboxylic acids is 2. The number of carbonyl (C=O) groups is 3. The van der Waals surface area contributed by atoms with Crippen molar-refractivity contribution >= 4 is 41.1 Å². The van der Waals surface area contributed by atoms with Crippen molar-refractivity contribution in [2.24, 2.45) is 0 Å². The fraction of sp³-hybridized carbons (Fsp3) is 0.487. The topological polar surface area (TPSA) is 137 Å². The highest BCUT2D eigenvalue weighted by atomic mass is 35.5. The molecule has 2 aromatic carbocycles. The Bertz CT molecular complexity index is 1790. The third-order valence-corrected chi connectivity index (χ3v) is 12.0. The van der Waals surface area contributed by atoms with E-state index in [0.717, 1.165) is 43.6 Å². The van der Waals surface area contributed by atoms with Crippen molar-refractivity contribution in [3.63, 3.8) is 0 Å². The van der Waals surface area contributed by atoms with Crippen LogP contribution in [0.1, 0.15) is 47.2 Å². The number of methoxy groups -OCH3 is 3. The number of likely N-dealkylation sites (tertiary alicyclic amines) is 2. The van der Waals surface area contributed by atoms with Crippen molar-refractivity contribution in [1.82, 2.24) is 29.9 Å². The molecule has 3 amide bonds. The summed E-state index contributed by atoms with van der Waals surface area (Å²) in [6.07, 6.45) is 6.44. The molecule has 1 aromatic heterocycles. The first-order valence-corrected chi connectivity index (χ1v) is 18.9. The summed E-state index contributed by atoms with van der Waals surface area (Å²) >= 11 is 12.9. The molecule has 0 aliphatic carbocycles. The Morgan fingerprint density at radius 2 is 1.44 bits per heavy atom. The summed E-state index contributed by atoms with van der Waals surface area (Å²) in [4.78, 5) is 51.1. The molecule has 3 fully saturated rings. The molecule has 3 aliphatic heterocycles. The zero-order valence-corrected chi connectivity index (χ0v) is 32.5. The quantitative estimate of drug-likeness (QED) is 0.259. The number of ether oxygens (including phenoxy) is 3. The highest BCUT2D eigenvalue weighted by Crippen LogP contribution is 2.43. The van der Waals surface area contributed by atoms with Gasteiger partial charge < -0.3 is 39.3 Å². The average Bonchev–Trinajstić information content (AvgIpc) is 3.63. The van der Waals surface area contributed by atoms with E-state index in [0.29, 0.717) is 85.0 Å². The van der Waals surface area contributed by atoms with Crippen LogP contribution in [-0.2, 0) is 15.7 Å². The number of carboxylic acids is 1. The van der Waals surface area contributed by atoms with E-state index in [4.69, 9.17) is 37.4 Å². The highest BCUT2D eigenvalue weighted by Gasteiger charge is 2.44. The van der Waals surface area contributed by atoms with E-state index in [1.165, 1.54) is 21.3 Å². The number of nitrogens with one attached hydrogen (secondary N) is 1. The smallest absolute Gasteiger partial charge is 0.318 e. The second-order valence-corrected chi connectivity index (χ2v) is 15.1. The summed E-state index contributed by atoms with van der Waals surface area (Å²) in [5, 5.41) is 13.5. The lowest BCUT2D eigenvalue weighted by molar-refractivity contribution is -0.138. The zero-order valence-electron chi connectivity index (χ0n) is 31.0. The summed E-state index contributed by atoms with van der Waals surface area (Å²) < 4.78 is 16.5. The van der Waals surface area contributed by atoms with Crippen LogP contribution in [0, 0.1) is 0 Å². The summed E-state index contributed by atoms with van der Waals surface area (Å²) in [5.74, 6) is 0.257. The first-order chi connectivity index (χ1) is 26.0. The molecule has 1 atom stereocenters. The molecular weight excluding hydrogens is 735 g/mol. The van der Waals surface area contributed by atoms with Crippen molar-refractivity contribution in [2.75, 3.05) is 86.8 Å². The van der Waals surface area contributed by atoms with Crippen LogP contribution in [-0.4, -0.2) is 134 Å². The Morgan fingerprint density at radius 1 is 0.778 bits per heavy atom. The van der Waals surface area contributed by atoms with Gasteiger partial charge >= 0.3 is 12.0 Å². The third kappa shape index (κ3) is 8.49. The molecule has 13 nitrogen and oxygen atoms in total. The number of carboxylic acid groups (broad SMARTS) is 1. The average molecular weight is 784 g/mol. The molecule has 3 aliphatic rings. The Labute approximate surface area is 326 Å². The molecule has 0 bridgehead atoms. The summed E-state index contributed by atoms with van der Waals surface area (Å²) in [6.45, 7) is 5.26. The van der Waals surface area contributed by atoms with Crippen LogP contribution >= 0.6 is 23.2 Å². The van der Waals surface area contributed by atoms with Crippen molar-refractivity contribution in [1.29, 1.82) is 0 Å². The van der Waals surface area contributed by atoms with E-state index in [-0.39, 0.29) is 23.9 Å². The van der Waals surface area contributed by atoms with E-state index >= 15 is 0 Å². The van der Waals surface area contributed by atoms with Crippen molar-refractivity contribution in [3.05, 3.63) is 81.6 Å². The molecule has 0 spiro atoms. The second-order valence-electron chi connectivity index (χ2n) is 14.3. The van der Waals surface area contributed by atoms with E-state index < -0.39 is 11.5 Å². The lowest BCUT2D eigenvalue weighted by atomic mass is 9.76. The molecule has 0 radical (unpaired) electrons. The number of hydrogen-bond acceptors (Lipinski definition) is 9. The Balaban J connectivity index is 1.16. The largest absolute Gasteiger partial charge is 0.493 e. The van der Waals surface area contributed by atoms with Crippen LogP contribution in [0.4, 0.5) is 4.79 Å². The molecule has 3 saturated heterocycles. The predicted octanol–water partition coefficient (Wildman–Crippen LogP) is 4.99. The van der Waals surface area contributed by atoms with E-state index in [1.54, 1.807) is 29.4 Å². The number of halogens is 2. The van der Waals surface area contributed by atoms with Gasteiger partial charge in [0.15, 0.2) is 11.5 Å². The van der Waals surface area contributed by atoms with Gasteiger partial charge in [0.05, 0.1) is 43.5 Å². The van der Waals surface area contributed by atoms with Gasteiger partial charge in [-0.3, -0.25) is 19.5 Å². The van der Waals surface area contributed by atoms with Gasteiger partial charge in [0, 0.05) is 75.7 Å². The van der Waals surface area contributed by atoms with Gasteiger partial charge in [-0.25, -0.2) is 4.79 Å². The number of nitrogens with zero attached hydrogens (tertiary/aromatic N) is 5. The van der Waals surface area contributed by atoms with Crippen molar-refractivity contribution in [3.8, 4) is 17.2 Å². The maximum atomic E-state index is 14.0. The van der Waals surface area contributed by atoms with Crippen LogP contribution < -0.4 is 19.5 Å². The Hall–Kier alpha value is -4.30. The predicted molar refractivity (Wildman–Crippen MR) is 205 cm³/mol. The van der Waals surface area contributed by atoms with Gasteiger partial charge in [-0.15, -0.1) is 0 Å². The van der Waals surface area contributed by atoms with Gasteiger partial charge in [0.2, 0.25) is 5.75 Å².